The summed E-state index contributed by atoms with van der Waals surface area (Å²) in [5.41, 5.74) is 3.83. The largest absolute Gasteiger partial charge is 0.507 e. The molecule has 2 aliphatic rings. The van der Waals surface area contributed by atoms with Crippen LogP contribution in [0.5, 0.6) is 11.6 Å². The van der Waals surface area contributed by atoms with Crippen LogP contribution in [0.25, 0.3) is 22.4 Å². The Balaban J connectivity index is 1.31. The Morgan fingerprint density at radius 2 is 1.94 bits per heavy atom. The Morgan fingerprint density at radius 3 is 2.68 bits per heavy atom. The molecule has 0 aliphatic carbocycles. The molecule has 31 heavy (non-hydrogen) atoms. The maximum Gasteiger partial charge on any atom is 0.233 e. The van der Waals surface area contributed by atoms with Crippen LogP contribution in [0.3, 0.4) is 0 Å². The molecule has 2 aromatic heterocycles. The molecule has 2 saturated heterocycles. The van der Waals surface area contributed by atoms with Crippen LogP contribution in [-0.2, 0) is 0 Å². The van der Waals surface area contributed by atoms with Gasteiger partial charge in [0, 0.05) is 47.6 Å². The number of aromatic hydroxyl groups is 1. The Kier molecular flexibility index (Phi) is 5.28. The maximum atomic E-state index is 14.7. The number of benzene rings is 1. The monoisotopic (exact) mass is 420 g/mol. The highest BCUT2D eigenvalue weighted by atomic mass is 19.1. The van der Waals surface area contributed by atoms with E-state index in [1.165, 1.54) is 0 Å². The van der Waals surface area contributed by atoms with Crippen molar-refractivity contribution in [3.05, 3.63) is 54.4 Å². The number of aryl methyl sites for hydroxylation is 1. The van der Waals surface area contributed by atoms with Gasteiger partial charge in [-0.3, -0.25) is 4.98 Å². The minimum Gasteiger partial charge on any atom is -0.507 e. The van der Waals surface area contributed by atoms with Crippen LogP contribution in [-0.4, -0.2) is 44.6 Å². The molecule has 0 amide bonds. The number of phenolic OH excluding ortho intramolecular Hbond substituents is 1. The molecular weight excluding hydrogens is 395 g/mol. The van der Waals surface area contributed by atoms with Gasteiger partial charge in [0.15, 0.2) is 6.17 Å². The number of fused-ring (bicyclic) bond motifs is 2. The SMILES string of the molecule is Cc1ccc(-c2ccc(-c3ccc(O[C@H]4C[C@@H]5CCC[C@@H](N5)[C@H]4F)nn3)c(O)c2)cn1. The zero-order valence-electron chi connectivity index (χ0n) is 17.3. The number of aromatic nitrogens is 3. The highest BCUT2D eigenvalue weighted by Gasteiger charge is 2.41. The first-order chi connectivity index (χ1) is 15.1. The molecule has 0 unspecified atom stereocenters. The molecule has 6 nitrogen and oxygen atoms in total. The van der Waals surface area contributed by atoms with Gasteiger partial charge in [0.2, 0.25) is 5.88 Å². The fraction of sp³-hybridized carbons (Fsp3) is 0.375. The van der Waals surface area contributed by atoms with Crippen LogP contribution in [0, 0.1) is 6.92 Å². The van der Waals surface area contributed by atoms with Crippen molar-refractivity contribution in [1.82, 2.24) is 20.5 Å². The van der Waals surface area contributed by atoms with Crippen LogP contribution in [0.4, 0.5) is 4.39 Å². The lowest BCUT2D eigenvalue weighted by Gasteiger charge is -2.42. The molecule has 2 bridgehead atoms. The fourth-order valence-corrected chi connectivity index (χ4v) is 4.52. The summed E-state index contributed by atoms with van der Waals surface area (Å²) in [6, 6.07) is 12.9. The molecule has 5 rings (SSSR count). The van der Waals surface area contributed by atoms with Crippen LogP contribution >= 0.6 is 0 Å². The van der Waals surface area contributed by atoms with E-state index in [4.69, 9.17) is 4.74 Å². The summed E-state index contributed by atoms with van der Waals surface area (Å²) in [6.07, 6.45) is 3.82. The zero-order chi connectivity index (χ0) is 21.4. The number of nitrogens with one attached hydrogen (secondary N) is 1. The van der Waals surface area contributed by atoms with Crippen LogP contribution in [0.15, 0.2) is 48.7 Å². The predicted molar refractivity (Wildman–Crippen MR) is 116 cm³/mol. The van der Waals surface area contributed by atoms with Gasteiger partial charge < -0.3 is 15.2 Å². The van der Waals surface area contributed by atoms with E-state index in [-0.39, 0.29) is 11.8 Å². The third kappa shape index (κ3) is 4.10. The zero-order valence-corrected chi connectivity index (χ0v) is 17.3. The number of phenols is 1. The smallest absolute Gasteiger partial charge is 0.233 e. The lowest BCUT2D eigenvalue weighted by Crippen LogP contribution is -2.59. The van der Waals surface area contributed by atoms with Gasteiger partial charge in [0.05, 0.1) is 5.69 Å². The third-order valence-electron chi connectivity index (χ3n) is 6.20. The molecule has 4 heterocycles. The van der Waals surface area contributed by atoms with Crippen LogP contribution < -0.4 is 10.1 Å². The van der Waals surface area contributed by atoms with Crippen LogP contribution in [0.2, 0.25) is 0 Å². The molecule has 2 N–H and O–H groups in total. The Labute approximate surface area is 180 Å². The molecule has 0 saturated carbocycles. The van der Waals surface area contributed by atoms with E-state index >= 15 is 0 Å². The van der Waals surface area contributed by atoms with E-state index in [0.29, 0.717) is 29.6 Å². The number of ether oxygens (including phenoxy) is 1. The number of nitrogens with zero attached hydrogens (tertiary/aromatic N) is 3. The van der Waals surface area contributed by atoms with E-state index in [2.05, 4.69) is 20.5 Å². The summed E-state index contributed by atoms with van der Waals surface area (Å²) in [7, 11) is 0. The van der Waals surface area contributed by atoms with Crippen LogP contribution in [0.1, 0.15) is 31.4 Å². The summed E-state index contributed by atoms with van der Waals surface area (Å²) in [4.78, 5) is 4.30. The summed E-state index contributed by atoms with van der Waals surface area (Å²) in [5.74, 6) is 0.411. The Hall–Kier alpha value is -3.06. The van der Waals surface area contributed by atoms with Crippen molar-refractivity contribution >= 4 is 0 Å². The first-order valence-corrected chi connectivity index (χ1v) is 10.7. The van der Waals surface area contributed by atoms with Crippen molar-refractivity contribution in [2.45, 2.75) is 57.0 Å². The highest BCUT2D eigenvalue weighted by Crippen LogP contribution is 2.33. The second kappa shape index (κ2) is 8.23. The maximum absolute atomic E-state index is 14.7. The third-order valence-corrected chi connectivity index (χ3v) is 6.20. The van der Waals surface area contributed by atoms with E-state index < -0.39 is 12.3 Å². The molecule has 1 aromatic carbocycles. The van der Waals surface area contributed by atoms with Gasteiger partial charge in [-0.2, -0.15) is 0 Å². The summed E-state index contributed by atoms with van der Waals surface area (Å²) in [5, 5.41) is 22.2. The van der Waals surface area contributed by atoms with Gasteiger partial charge in [-0.25, -0.2) is 4.39 Å². The van der Waals surface area contributed by atoms with Crippen molar-refractivity contribution in [1.29, 1.82) is 0 Å². The minimum absolute atomic E-state index is 0.107. The number of halogens is 1. The van der Waals surface area contributed by atoms with Gasteiger partial charge in [0.1, 0.15) is 11.9 Å². The van der Waals surface area contributed by atoms with E-state index in [9.17, 15) is 9.50 Å². The average molecular weight is 420 g/mol. The number of pyridine rings is 1. The fourth-order valence-electron chi connectivity index (χ4n) is 4.52. The Morgan fingerprint density at radius 1 is 1.06 bits per heavy atom. The van der Waals surface area contributed by atoms with E-state index in [1.807, 2.05) is 25.1 Å². The molecule has 3 aromatic rings. The molecule has 0 radical (unpaired) electrons. The van der Waals surface area contributed by atoms with Crippen molar-refractivity contribution < 1.29 is 14.2 Å². The topological polar surface area (TPSA) is 80.2 Å². The Bertz CT molecular complexity index is 1060. The van der Waals surface area contributed by atoms with Crippen molar-refractivity contribution in [2.75, 3.05) is 0 Å². The average Bonchev–Trinajstić information content (AvgIpc) is 2.79. The van der Waals surface area contributed by atoms with Crippen molar-refractivity contribution in [3.63, 3.8) is 0 Å². The van der Waals surface area contributed by atoms with Gasteiger partial charge in [-0.05, 0) is 49.6 Å². The summed E-state index contributed by atoms with van der Waals surface area (Å²) in [6.45, 7) is 1.93. The molecule has 2 fully saturated rings. The number of hydrogen-bond donors (Lipinski definition) is 2. The van der Waals surface area contributed by atoms with Gasteiger partial charge in [0.25, 0.3) is 0 Å². The normalized spacial score (nSPS) is 25.2. The quantitative estimate of drug-likeness (QED) is 0.658. The first kappa shape index (κ1) is 19.9. The van der Waals surface area contributed by atoms with E-state index in [1.54, 1.807) is 30.5 Å². The van der Waals surface area contributed by atoms with Gasteiger partial charge in [-0.15, -0.1) is 10.2 Å². The summed E-state index contributed by atoms with van der Waals surface area (Å²) >= 11 is 0. The van der Waals surface area contributed by atoms with Gasteiger partial charge >= 0.3 is 0 Å². The number of hydrogen-bond acceptors (Lipinski definition) is 6. The molecule has 0 spiro atoms. The lowest BCUT2D eigenvalue weighted by atomic mass is 9.84. The van der Waals surface area contributed by atoms with Crippen molar-refractivity contribution in [2.24, 2.45) is 0 Å². The predicted octanol–water partition coefficient (Wildman–Crippen LogP) is 4.22. The highest BCUT2D eigenvalue weighted by molar-refractivity contribution is 5.73. The molecule has 160 valence electrons. The molecule has 4 atom stereocenters. The van der Waals surface area contributed by atoms with Gasteiger partial charge in [-0.1, -0.05) is 18.6 Å². The number of rotatable bonds is 4. The number of alkyl halides is 1. The summed E-state index contributed by atoms with van der Waals surface area (Å²) < 4.78 is 20.6. The minimum atomic E-state index is -1.05. The van der Waals surface area contributed by atoms with E-state index in [0.717, 1.165) is 36.1 Å². The standard InChI is InChI=1S/C24H25FN4O2/c1-14-5-6-16(13-26-14)15-7-8-18(21(30)11-15)19-9-10-23(29-28-19)31-22-12-17-3-2-4-20(27-17)24(22)25/h5-11,13,17,20,22,24,27,30H,2-4,12H2,1H3/t17-,20+,22-,24+/m0/s1. The molecule has 7 heteroatoms. The van der Waals surface area contributed by atoms with Crippen molar-refractivity contribution in [3.8, 4) is 34.0 Å². The lowest BCUT2D eigenvalue weighted by molar-refractivity contribution is 0.00652. The molecular formula is C24H25FN4O2. The second-order valence-corrected chi connectivity index (χ2v) is 8.41. The number of piperidine rings is 2. The molecule has 2 aliphatic heterocycles. The second-order valence-electron chi connectivity index (χ2n) is 8.41. The first-order valence-electron chi connectivity index (χ1n) is 10.7.